The van der Waals surface area contributed by atoms with Crippen LogP contribution in [-0.2, 0) is 10.1 Å². The molecule has 0 radical (unpaired) electrons. The highest BCUT2D eigenvalue weighted by molar-refractivity contribution is 7.85. The first kappa shape index (κ1) is 13.1. The van der Waals surface area contributed by atoms with E-state index in [2.05, 4.69) is 4.42 Å². The summed E-state index contributed by atoms with van der Waals surface area (Å²) in [5.74, 6) is 0. The molecule has 2 rings (SSSR count). The lowest BCUT2D eigenvalue weighted by molar-refractivity contribution is -0.500. The monoisotopic (exact) mass is 273 g/mol. The van der Waals surface area contributed by atoms with Crippen molar-refractivity contribution in [1.29, 1.82) is 0 Å². The zero-order valence-corrected chi connectivity index (χ0v) is 10.6. The van der Waals surface area contributed by atoms with Crippen LogP contribution < -0.4 is 0 Å². The SMILES string of the molecule is O=S(=O)(O)c1cc(C=[N+]([O-])C2CCCCC2)co1. The van der Waals surface area contributed by atoms with Crippen LogP contribution in [0.2, 0.25) is 0 Å². The maximum atomic E-state index is 11.8. The summed E-state index contributed by atoms with van der Waals surface area (Å²) in [5.41, 5.74) is 0.336. The van der Waals surface area contributed by atoms with Crippen molar-refractivity contribution in [1.82, 2.24) is 0 Å². The van der Waals surface area contributed by atoms with Gasteiger partial charge in [0.25, 0.3) is 0 Å². The Morgan fingerprint density at radius 3 is 2.61 bits per heavy atom. The van der Waals surface area contributed by atoms with Crippen LogP contribution in [0.3, 0.4) is 0 Å². The van der Waals surface area contributed by atoms with Gasteiger partial charge in [-0.25, -0.2) is 4.74 Å². The number of hydroxylamine groups is 1. The predicted molar refractivity (Wildman–Crippen MR) is 64.2 cm³/mol. The molecule has 1 fully saturated rings. The van der Waals surface area contributed by atoms with Crippen LogP contribution in [0, 0.1) is 5.21 Å². The Morgan fingerprint density at radius 1 is 1.39 bits per heavy atom. The van der Waals surface area contributed by atoms with E-state index < -0.39 is 15.2 Å². The Balaban J connectivity index is 2.14. The highest BCUT2D eigenvalue weighted by Crippen LogP contribution is 2.20. The first-order valence-corrected chi connectivity index (χ1v) is 7.27. The van der Waals surface area contributed by atoms with Crippen molar-refractivity contribution in [3.8, 4) is 0 Å². The second-order valence-corrected chi connectivity index (χ2v) is 5.81. The molecule has 0 bridgehead atoms. The highest BCUT2D eigenvalue weighted by atomic mass is 32.2. The van der Waals surface area contributed by atoms with E-state index in [9.17, 15) is 13.6 Å². The molecule has 100 valence electrons. The fourth-order valence-electron chi connectivity index (χ4n) is 2.12. The van der Waals surface area contributed by atoms with Crippen molar-refractivity contribution in [2.45, 2.75) is 43.2 Å². The number of hydrogen-bond acceptors (Lipinski definition) is 4. The summed E-state index contributed by atoms with van der Waals surface area (Å²) in [7, 11) is -4.35. The van der Waals surface area contributed by atoms with Gasteiger partial charge in [0, 0.05) is 18.9 Å². The van der Waals surface area contributed by atoms with Crippen molar-refractivity contribution in [3.05, 3.63) is 23.1 Å². The lowest BCUT2D eigenvalue weighted by Gasteiger charge is -2.20. The molecule has 0 atom stereocenters. The van der Waals surface area contributed by atoms with Gasteiger partial charge in [0.2, 0.25) is 5.09 Å². The van der Waals surface area contributed by atoms with Crippen molar-refractivity contribution >= 4 is 16.3 Å². The summed E-state index contributed by atoms with van der Waals surface area (Å²) < 4.78 is 35.9. The van der Waals surface area contributed by atoms with Crippen LogP contribution in [0.4, 0.5) is 0 Å². The average molecular weight is 273 g/mol. The summed E-state index contributed by atoms with van der Waals surface area (Å²) in [5, 5.41) is 11.3. The van der Waals surface area contributed by atoms with E-state index in [-0.39, 0.29) is 6.04 Å². The molecule has 1 heterocycles. The Morgan fingerprint density at radius 2 is 2.06 bits per heavy atom. The highest BCUT2D eigenvalue weighted by Gasteiger charge is 2.20. The van der Waals surface area contributed by atoms with E-state index >= 15 is 0 Å². The minimum atomic E-state index is -4.35. The lowest BCUT2D eigenvalue weighted by Crippen LogP contribution is -2.25. The molecule has 1 aliphatic carbocycles. The third-order valence-corrected chi connectivity index (χ3v) is 3.78. The number of rotatable bonds is 3. The maximum Gasteiger partial charge on any atom is 0.328 e. The summed E-state index contributed by atoms with van der Waals surface area (Å²) in [6, 6.07) is 1.08. The van der Waals surface area contributed by atoms with Gasteiger partial charge < -0.3 is 9.62 Å². The molecule has 6 nitrogen and oxygen atoms in total. The topological polar surface area (TPSA) is 93.6 Å². The largest absolute Gasteiger partial charge is 0.624 e. The summed E-state index contributed by atoms with van der Waals surface area (Å²) in [4.78, 5) is 0. The second-order valence-electron chi connectivity index (χ2n) is 4.45. The maximum absolute atomic E-state index is 11.8. The van der Waals surface area contributed by atoms with E-state index in [1.54, 1.807) is 0 Å². The average Bonchev–Trinajstić information content (AvgIpc) is 2.78. The van der Waals surface area contributed by atoms with Crippen molar-refractivity contribution in [2.24, 2.45) is 0 Å². The van der Waals surface area contributed by atoms with E-state index in [4.69, 9.17) is 4.55 Å². The first-order valence-electron chi connectivity index (χ1n) is 5.83. The van der Waals surface area contributed by atoms with Gasteiger partial charge in [-0.05, 0) is 12.8 Å². The van der Waals surface area contributed by atoms with Gasteiger partial charge >= 0.3 is 10.1 Å². The number of hydrogen-bond donors (Lipinski definition) is 1. The van der Waals surface area contributed by atoms with E-state index in [1.807, 2.05) is 0 Å². The van der Waals surface area contributed by atoms with Crippen LogP contribution >= 0.6 is 0 Å². The summed E-state index contributed by atoms with van der Waals surface area (Å²) in [6.45, 7) is 0. The van der Waals surface area contributed by atoms with E-state index in [0.29, 0.717) is 5.56 Å². The van der Waals surface area contributed by atoms with Gasteiger partial charge in [-0.15, -0.1) is 0 Å². The molecule has 1 aliphatic rings. The molecule has 0 saturated heterocycles. The van der Waals surface area contributed by atoms with Crippen LogP contribution in [0.1, 0.15) is 37.7 Å². The fraction of sp³-hybridized carbons (Fsp3) is 0.545. The molecule has 0 unspecified atom stereocenters. The van der Waals surface area contributed by atoms with Gasteiger partial charge in [-0.3, -0.25) is 4.55 Å². The summed E-state index contributed by atoms with van der Waals surface area (Å²) in [6.07, 6.45) is 7.37. The third kappa shape index (κ3) is 3.11. The van der Waals surface area contributed by atoms with Crippen LogP contribution in [-0.4, -0.2) is 30.0 Å². The van der Waals surface area contributed by atoms with Gasteiger partial charge in [0.1, 0.15) is 6.26 Å². The Kier molecular flexibility index (Phi) is 3.72. The Labute approximate surface area is 105 Å². The molecule has 0 amide bonds. The molecule has 1 aromatic rings. The zero-order chi connectivity index (χ0) is 13.2. The van der Waals surface area contributed by atoms with E-state index in [1.165, 1.54) is 6.21 Å². The number of nitrogens with zero attached hydrogens (tertiary/aromatic N) is 1. The molecule has 0 aliphatic heterocycles. The standard InChI is InChI=1S/C11H15NO5S/c13-12(10-4-2-1-3-5-10)7-9-6-11(17-8-9)18(14,15)16/h6-8,10H,1-5H2,(H,14,15,16). The lowest BCUT2D eigenvalue weighted by atomic mass is 9.96. The smallest absolute Gasteiger partial charge is 0.328 e. The molecular formula is C11H15NO5S. The van der Waals surface area contributed by atoms with Crippen LogP contribution in [0.15, 0.2) is 21.8 Å². The molecule has 0 aromatic carbocycles. The van der Waals surface area contributed by atoms with Gasteiger partial charge in [-0.1, -0.05) is 6.42 Å². The first-order chi connectivity index (χ1) is 8.47. The normalized spacial score (nSPS) is 19.1. The van der Waals surface area contributed by atoms with Crippen LogP contribution in [0.25, 0.3) is 0 Å². The minimum absolute atomic E-state index is 0.0529. The fourth-order valence-corrected chi connectivity index (χ4v) is 2.58. The predicted octanol–water partition coefficient (Wildman–Crippen LogP) is 1.79. The number of furan rings is 1. The zero-order valence-electron chi connectivity index (χ0n) is 9.78. The van der Waals surface area contributed by atoms with Crippen LogP contribution in [0.5, 0.6) is 0 Å². The molecule has 1 saturated carbocycles. The molecule has 1 aromatic heterocycles. The van der Waals surface area contributed by atoms with Crippen molar-refractivity contribution < 1.29 is 22.1 Å². The molecule has 1 N–H and O–H groups in total. The van der Waals surface area contributed by atoms with Crippen molar-refractivity contribution in [3.63, 3.8) is 0 Å². The minimum Gasteiger partial charge on any atom is -0.624 e. The molecular weight excluding hydrogens is 258 g/mol. The molecule has 7 heteroatoms. The van der Waals surface area contributed by atoms with Crippen molar-refractivity contribution in [2.75, 3.05) is 0 Å². The molecule has 18 heavy (non-hydrogen) atoms. The van der Waals surface area contributed by atoms with Gasteiger partial charge in [-0.2, -0.15) is 8.42 Å². The van der Waals surface area contributed by atoms with Gasteiger partial charge in [0.05, 0.1) is 5.56 Å². The van der Waals surface area contributed by atoms with E-state index in [0.717, 1.165) is 49.2 Å². The summed E-state index contributed by atoms with van der Waals surface area (Å²) >= 11 is 0. The second kappa shape index (κ2) is 5.11. The Hall–Kier alpha value is -1.34. The van der Waals surface area contributed by atoms with Gasteiger partial charge in [0.15, 0.2) is 12.3 Å². The third-order valence-electron chi connectivity index (χ3n) is 3.06. The Bertz CT molecular complexity index is 540. The molecule has 0 spiro atoms. The quantitative estimate of drug-likeness (QED) is 0.298.